The van der Waals surface area contributed by atoms with Gasteiger partial charge < -0.3 is 25.9 Å². The van der Waals surface area contributed by atoms with Crippen molar-refractivity contribution in [3.63, 3.8) is 0 Å². The van der Waals surface area contributed by atoms with Gasteiger partial charge in [0.1, 0.15) is 23.7 Å². The molecule has 1 fully saturated rings. The Morgan fingerprint density at radius 3 is 2.89 bits per heavy atom. The number of fused-ring (bicyclic) bond motifs is 1. The van der Waals surface area contributed by atoms with Crippen LogP contribution < -0.4 is 11.1 Å². The maximum atomic E-state index is 12.7. The Morgan fingerprint density at radius 2 is 2.29 bits per heavy atom. The molecular formula is C16H19N5O5S2. The monoisotopic (exact) mass is 425 g/mol. The number of rotatable bonds is 7. The van der Waals surface area contributed by atoms with Gasteiger partial charge in [0, 0.05) is 17.3 Å². The molecule has 1 unspecified atom stereocenters. The maximum absolute atomic E-state index is 12.7. The number of amides is 2. The Labute approximate surface area is 168 Å². The van der Waals surface area contributed by atoms with E-state index in [1.54, 1.807) is 5.38 Å². The van der Waals surface area contributed by atoms with E-state index < -0.39 is 17.9 Å². The third-order valence-corrected chi connectivity index (χ3v) is 5.88. The normalized spacial score (nSPS) is 21.7. The van der Waals surface area contributed by atoms with Crippen LogP contribution in [0.25, 0.3) is 0 Å². The van der Waals surface area contributed by atoms with Crippen LogP contribution >= 0.6 is 23.1 Å². The summed E-state index contributed by atoms with van der Waals surface area (Å²) in [5, 5.41) is 17.1. The minimum atomic E-state index is -1.07. The number of anilines is 1. The Hall–Kier alpha value is -2.60. The van der Waals surface area contributed by atoms with E-state index in [1.807, 2.05) is 13.8 Å². The number of nitrogen functional groups attached to an aromatic ring is 1. The highest BCUT2D eigenvalue weighted by Gasteiger charge is 2.50. The van der Waals surface area contributed by atoms with E-state index in [0.29, 0.717) is 6.61 Å². The molecule has 4 N–H and O–H groups in total. The molecule has 3 heterocycles. The maximum Gasteiger partial charge on any atom is 0.333 e. The van der Waals surface area contributed by atoms with Crippen molar-refractivity contribution in [2.45, 2.75) is 25.3 Å². The largest absolute Gasteiger partial charge is 0.478 e. The summed E-state index contributed by atoms with van der Waals surface area (Å²) >= 11 is 2.43. The number of aromatic nitrogens is 1. The third-order valence-electron chi connectivity index (χ3n) is 3.89. The number of nitrogens with zero attached hydrogens (tertiary/aromatic N) is 3. The zero-order valence-corrected chi connectivity index (χ0v) is 16.7. The highest BCUT2D eigenvalue weighted by Crippen LogP contribution is 2.36. The fraction of sp³-hybridized carbons (Fsp3) is 0.438. The first kappa shape index (κ1) is 20.1. The summed E-state index contributed by atoms with van der Waals surface area (Å²) in [4.78, 5) is 46.7. The molecule has 0 radical (unpaired) electrons. The second-order valence-electron chi connectivity index (χ2n) is 6.56. The second kappa shape index (κ2) is 8.19. The molecule has 3 rings (SSSR count). The summed E-state index contributed by atoms with van der Waals surface area (Å²) in [7, 11) is 0. The van der Waals surface area contributed by atoms with Crippen molar-refractivity contribution >= 4 is 51.7 Å². The van der Waals surface area contributed by atoms with Crippen molar-refractivity contribution in [2.24, 2.45) is 11.1 Å². The van der Waals surface area contributed by atoms with Gasteiger partial charge in [-0.05, 0) is 5.92 Å². The molecule has 0 aliphatic carbocycles. The number of carbonyl (C=O) groups is 3. The summed E-state index contributed by atoms with van der Waals surface area (Å²) in [5.74, 6) is -1.60. The zero-order valence-electron chi connectivity index (χ0n) is 15.1. The Balaban J connectivity index is 1.72. The van der Waals surface area contributed by atoms with Gasteiger partial charge in [0.15, 0.2) is 10.8 Å². The highest BCUT2D eigenvalue weighted by molar-refractivity contribution is 8.00. The van der Waals surface area contributed by atoms with Crippen molar-refractivity contribution in [3.05, 3.63) is 22.8 Å². The molecule has 1 saturated heterocycles. The number of oxime groups is 1. The van der Waals surface area contributed by atoms with E-state index >= 15 is 0 Å². The van der Waals surface area contributed by atoms with Crippen LogP contribution in [0.15, 0.2) is 22.3 Å². The van der Waals surface area contributed by atoms with Gasteiger partial charge in [-0.3, -0.25) is 9.59 Å². The van der Waals surface area contributed by atoms with E-state index in [1.165, 1.54) is 22.9 Å². The number of aliphatic carboxylic acids is 1. The molecule has 0 saturated carbocycles. The number of carbonyl (C=O) groups excluding carboxylic acids is 2. The quantitative estimate of drug-likeness (QED) is 0.324. The fourth-order valence-electron chi connectivity index (χ4n) is 2.49. The predicted molar refractivity (Wildman–Crippen MR) is 105 cm³/mol. The van der Waals surface area contributed by atoms with E-state index in [2.05, 4.69) is 15.5 Å². The average Bonchev–Trinajstić information content (AvgIpc) is 3.07. The third kappa shape index (κ3) is 4.12. The standard InChI is InChI=1S/C16H19N5O5S2/c1-7(2)4-26-20-10(9-6-28-16(17)18-9)12(22)19-11-13(23)21-3-8(15(24)25)5-27-14(11)21/h3,6-7,11,14H,4-5H2,1-2H3,(H2,17,18)(H,19,22)(H,24,25)/t11?,14-/m1/s1. The predicted octanol–water partition coefficient (Wildman–Crippen LogP) is 0.470. The Morgan fingerprint density at radius 1 is 1.54 bits per heavy atom. The lowest BCUT2D eigenvalue weighted by Crippen LogP contribution is -2.69. The minimum Gasteiger partial charge on any atom is -0.478 e. The van der Waals surface area contributed by atoms with Gasteiger partial charge in [0.05, 0.1) is 5.57 Å². The summed E-state index contributed by atoms with van der Waals surface area (Å²) in [5.41, 5.74) is 5.97. The minimum absolute atomic E-state index is 0.0672. The number of nitrogens with one attached hydrogen (secondary N) is 1. The lowest BCUT2D eigenvalue weighted by atomic mass is 10.1. The molecule has 1 aromatic heterocycles. The molecule has 12 heteroatoms. The van der Waals surface area contributed by atoms with Gasteiger partial charge in [-0.15, -0.1) is 23.1 Å². The van der Waals surface area contributed by atoms with E-state index in [0.717, 1.165) is 11.3 Å². The first-order chi connectivity index (χ1) is 13.3. The van der Waals surface area contributed by atoms with E-state index in [9.17, 15) is 14.4 Å². The van der Waals surface area contributed by atoms with Crippen LogP contribution in [-0.2, 0) is 19.2 Å². The van der Waals surface area contributed by atoms with Crippen LogP contribution in [0.4, 0.5) is 5.13 Å². The van der Waals surface area contributed by atoms with Crippen LogP contribution in [0.3, 0.4) is 0 Å². The van der Waals surface area contributed by atoms with E-state index in [-0.39, 0.29) is 45.1 Å². The molecule has 2 atom stereocenters. The van der Waals surface area contributed by atoms with Crippen LogP contribution in [0.5, 0.6) is 0 Å². The number of carboxylic acids is 1. The summed E-state index contributed by atoms with van der Waals surface area (Å²) in [6.07, 6.45) is 1.32. The van der Waals surface area contributed by atoms with Gasteiger partial charge in [-0.1, -0.05) is 19.0 Å². The molecule has 0 spiro atoms. The molecule has 0 aromatic carbocycles. The van der Waals surface area contributed by atoms with Gasteiger partial charge >= 0.3 is 5.97 Å². The first-order valence-corrected chi connectivity index (χ1v) is 10.3. The number of carboxylic acid groups (broad SMARTS) is 1. The number of thiazole rings is 1. The molecular weight excluding hydrogens is 406 g/mol. The number of thioether (sulfide) groups is 1. The van der Waals surface area contributed by atoms with Crippen LogP contribution in [-0.4, -0.2) is 62.3 Å². The second-order valence-corrected chi connectivity index (χ2v) is 8.55. The molecule has 150 valence electrons. The van der Waals surface area contributed by atoms with Crippen molar-refractivity contribution < 1.29 is 24.3 Å². The van der Waals surface area contributed by atoms with Crippen LogP contribution in [0, 0.1) is 5.92 Å². The highest BCUT2D eigenvalue weighted by atomic mass is 32.2. The van der Waals surface area contributed by atoms with Crippen LogP contribution in [0.1, 0.15) is 19.5 Å². The van der Waals surface area contributed by atoms with Crippen LogP contribution in [0.2, 0.25) is 0 Å². The molecule has 10 nitrogen and oxygen atoms in total. The number of hydrogen-bond donors (Lipinski definition) is 3. The van der Waals surface area contributed by atoms with Gasteiger partial charge in [-0.25, -0.2) is 9.78 Å². The average molecular weight is 425 g/mol. The molecule has 2 amide bonds. The van der Waals surface area contributed by atoms with Gasteiger partial charge in [-0.2, -0.15) is 0 Å². The fourth-order valence-corrected chi connectivity index (χ4v) is 4.29. The number of hydrogen-bond acceptors (Lipinski definition) is 9. The summed E-state index contributed by atoms with van der Waals surface area (Å²) in [6, 6.07) is -0.782. The van der Waals surface area contributed by atoms with Gasteiger partial charge in [0.2, 0.25) is 0 Å². The molecule has 28 heavy (non-hydrogen) atoms. The summed E-state index contributed by atoms with van der Waals surface area (Å²) < 4.78 is 0. The first-order valence-electron chi connectivity index (χ1n) is 8.38. The smallest absolute Gasteiger partial charge is 0.333 e. The van der Waals surface area contributed by atoms with Crippen molar-refractivity contribution in [2.75, 3.05) is 18.1 Å². The Bertz CT molecular complexity index is 865. The lowest BCUT2D eigenvalue weighted by Gasteiger charge is -2.46. The molecule has 0 bridgehead atoms. The molecule has 1 aromatic rings. The topological polar surface area (TPSA) is 147 Å². The lowest BCUT2D eigenvalue weighted by molar-refractivity contribution is -0.144. The Kier molecular flexibility index (Phi) is 5.89. The van der Waals surface area contributed by atoms with Gasteiger partial charge in [0.25, 0.3) is 11.8 Å². The zero-order chi connectivity index (χ0) is 20.4. The van der Waals surface area contributed by atoms with Crippen molar-refractivity contribution in [3.8, 4) is 0 Å². The molecule has 2 aliphatic rings. The number of nitrogens with two attached hydrogens (primary N) is 1. The van der Waals surface area contributed by atoms with Crippen molar-refractivity contribution in [1.29, 1.82) is 0 Å². The molecule has 2 aliphatic heterocycles. The van der Waals surface area contributed by atoms with E-state index in [4.69, 9.17) is 15.7 Å². The SMILES string of the molecule is CC(C)CON=C(C(=O)NC1C(=O)N2C=C(C(=O)O)CS[C@H]12)c1csc(N)n1. The van der Waals surface area contributed by atoms with Crippen molar-refractivity contribution in [1.82, 2.24) is 15.2 Å². The summed E-state index contributed by atoms with van der Waals surface area (Å²) in [6.45, 7) is 4.20. The number of β-lactam (4-membered cyclic amide) rings is 1.